The van der Waals surface area contributed by atoms with Gasteiger partial charge in [-0.15, -0.1) is 0 Å². The maximum atomic E-state index is 13.4. The quantitative estimate of drug-likeness (QED) is 0.431. The molecule has 0 aromatic heterocycles. The minimum Gasteiger partial charge on any atom is -0.497 e. The predicted molar refractivity (Wildman–Crippen MR) is 132 cm³/mol. The molecule has 0 saturated carbocycles. The molecule has 0 aliphatic heterocycles. The summed E-state index contributed by atoms with van der Waals surface area (Å²) in [5, 5.41) is 2.76. The number of methoxy groups -OCH3 is 4. The van der Waals surface area contributed by atoms with Crippen molar-refractivity contribution in [2.24, 2.45) is 0 Å². The molecule has 186 valence electrons. The zero-order chi connectivity index (χ0) is 25.4. The summed E-state index contributed by atoms with van der Waals surface area (Å²) >= 11 is 0. The Balaban J connectivity index is 1.86. The Morgan fingerprint density at radius 2 is 1.46 bits per heavy atom. The van der Waals surface area contributed by atoms with Gasteiger partial charge in [-0.25, -0.2) is 8.42 Å². The lowest BCUT2D eigenvalue weighted by Gasteiger charge is -2.24. The van der Waals surface area contributed by atoms with Gasteiger partial charge in [-0.2, -0.15) is 0 Å². The van der Waals surface area contributed by atoms with E-state index in [1.54, 1.807) is 54.6 Å². The Labute approximate surface area is 205 Å². The first-order valence-corrected chi connectivity index (χ1v) is 12.1. The molecule has 10 heteroatoms. The number of amides is 1. The first kappa shape index (κ1) is 25.7. The maximum absolute atomic E-state index is 13.4. The average Bonchev–Trinajstić information content (AvgIpc) is 2.90. The van der Waals surface area contributed by atoms with Gasteiger partial charge in [-0.1, -0.05) is 18.2 Å². The van der Waals surface area contributed by atoms with E-state index in [4.69, 9.17) is 18.9 Å². The Morgan fingerprint density at radius 1 is 0.800 bits per heavy atom. The zero-order valence-electron chi connectivity index (χ0n) is 20.0. The van der Waals surface area contributed by atoms with Gasteiger partial charge in [0.1, 0.15) is 12.3 Å². The first-order valence-electron chi connectivity index (χ1n) is 10.6. The van der Waals surface area contributed by atoms with Gasteiger partial charge in [0.25, 0.3) is 10.0 Å². The number of ether oxygens (including phenoxy) is 4. The topological polar surface area (TPSA) is 103 Å². The van der Waals surface area contributed by atoms with Crippen molar-refractivity contribution in [2.75, 3.05) is 39.3 Å². The Hall–Kier alpha value is -3.92. The van der Waals surface area contributed by atoms with Crippen LogP contribution >= 0.6 is 0 Å². The second kappa shape index (κ2) is 11.5. The molecule has 0 fully saturated rings. The number of carbonyl (C=O) groups excluding carboxylic acids is 1. The third-order valence-corrected chi connectivity index (χ3v) is 7.03. The lowest BCUT2D eigenvalue weighted by Crippen LogP contribution is -2.40. The molecule has 0 radical (unpaired) electrons. The smallest absolute Gasteiger partial charge is 0.264 e. The van der Waals surface area contributed by atoms with E-state index in [0.29, 0.717) is 34.2 Å². The summed E-state index contributed by atoms with van der Waals surface area (Å²) in [6.07, 6.45) is 0. The summed E-state index contributed by atoms with van der Waals surface area (Å²) in [5.41, 5.74) is 0.967. The standard InChI is InChI=1S/C25H28N2O7S/c1-31-20-13-11-19(12-14-20)27(35(29,30)21-8-6-5-7-9-21)17-23(28)26-16-18-10-15-22(32-2)25(34-4)24(18)33-3/h5-15H,16-17H2,1-4H3,(H,26,28). The van der Waals surface area contributed by atoms with Gasteiger partial charge in [-0.3, -0.25) is 9.10 Å². The van der Waals surface area contributed by atoms with E-state index in [1.807, 2.05) is 0 Å². The van der Waals surface area contributed by atoms with E-state index in [1.165, 1.54) is 40.6 Å². The number of nitrogens with zero attached hydrogens (tertiary/aromatic N) is 1. The normalized spacial score (nSPS) is 10.9. The van der Waals surface area contributed by atoms with Crippen LogP contribution in [-0.2, 0) is 21.4 Å². The number of rotatable bonds is 11. The van der Waals surface area contributed by atoms with Crippen LogP contribution in [0, 0.1) is 0 Å². The van der Waals surface area contributed by atoms with Gasteiger partial charge < -0.3 is 24.3 Å². The van der Waals surface area contributed by atoms with Gasteiger partial charge in [-0.05, 0) is 48.5 Å². The summed E-state index contributed by atoms with van der Waals surface area (Å²) < 4.78 is 49.2. The number of carbonyl (C=O) groups is 1. The van der Waals surface area contributed by atoms with Crippen molar-refractivity contribution in [3.05, 3.63) is 72.3 Å². The molecule has 0 bridgehead atoms. The molecule has 3 rings (SSSR count). The second-order valence-corrected chi connectivity index (χ2v) is 9.16. The van der Waals surface area contributed by atoms with Crippen molar-refractivity contribution in [1.82, 2.24) is 5.32 Å². The lowest BCUT2D eigenvalue weighted by molar-refractivity contribution is -0.119. The fraction of sp³-hybridized carbons (Fsp3) is 0.240. The third kappa shape index (κ3) is 5.78. The van der Waals surface area contributed by atoms with Crippen LogP contribution in [0.1, 0.15) is 5.56 Å². The number of sulfonamides is 1. The van der Waals surface area contributed by atoms with Crippen molar-refractivity contribution in [3.63, 3.8) is 0 Å². The van der Waals surface area contributed by atoms with Crippen LogP contribution in [0.5, 0.6) is 23.0 Å². The highest BCUT2D eigenvalue weighted by Crippen LogP contribution is 2.39. The monoisotopic (exact) mass is 500 g/mol. The molecule has 0 unspecified atom stereocenters. The average molecular weight is 501 g/mol. The summed E-state index contributed by atoms with van der Waals surface area (Å²) in [4.78, 5) is 13.0. The first-order chi connectivity index (χ1) is 16.8. The molecule has 0 aliphatic carbocycles. The molecular weight excluding hydrogens is 472 g/mol. The van der Waals surface area contributed by atoms with E-state index >= 15 is 0 Å². The van der Waals surface area contributed by atoms with Gasteiger partial charge in [0.2, 0.25) is 11.7 Å². The van der Waals surface area contributed by atoms with E-state index in [2.05, 4.69) is 5.32 Å². The predicted octanol–water partition coefficient (Wildman–Crippen LogP) is 3.23. The largest absolute Gasteiger partial charge is 0.497 e. The van der Waals surface area contributed by atoms with Crippen LogP contribution in [0.3, 0.4) is 0 Å². The van der Waals surface area contributed by atoms with Crippen LogP contribution in [-0.4, -0.2) is 49.3 Å². The molecule has 3 aromatic rings. The van der Waals surface area contributed by atoms with Crippen LogP contribution in [0.25, 0.3) is 0 Å². The third-order valence-electron chi connectivity index (χ3n) is 5.24. The number of benzene rings is 3. The molecule has 0 aliphatic rings. The maximum Gasteiger partial charge on any atom is 0.264 e. The van der Waals surface area contributed by atoms with Crippen molar-refractivity contribution in [1.29, 1.82) is 0 Å². The van der Waals surface area contributed by atoms with Crippen molar-refractivity contribution in [3.8, 4) is 23.0 Å². The lowest BCUT2D eigenvalue weighted by atomic mass is 10.1. The molecule has 0 saturated heterocycles. The molecule has 35 heavy (non-hydrogen) atoms. The van der Waals surface area contributed by atoms with E-state index in [0.717, 1.165) is 4.31 Å². The van der Waals surface area contributed by atoms with Crippen molar-refractivity contribution in [2.45, 2.75) is 11.4 Å². The number of anilines is 1. The van der Waals surface area contributed by atoms with Crippen LogP contribution < -0.4 is 28.6 Å². The van der Waals surface area contributed by atoms with E-state index in [-0.39, 0.29) is 11.4 Å². The highest BCUT2D eigenvalue weighted by atomic mass is 32.2. The summed E-state index contributed by atoms with van der Waals surface area (Å²) in [7, 11) is 1.99. The van der Waals surface area contributed by atoms with E-state index in [9.17, 15) is 13.2 Å². The molecule has 0 spiro atoms. The van der Waals surface area contributed by atoms with Gasteiger partial charge in [0.15, 0.2) is 11.5 Å². The molecule has 1 amide bonds. The fourth-order valence-corrected chi connectivity index (χ4v) is 4.91. The summed E-state index contributed by atoms with van der Waals surface area (Å²) in [6, 6.07) is 17.8. The summed E-state index contributed by atoms with van der Waals surface area (Å²) in [6.45, 7) is -0.344. The van der Waals surface area contributed by atoms with E-state index < -0.39 is 22.5 Å². The molecule has 1 N–H and O–H groups in total. The number of hydrogen-bond acceptors (Lipinski definition) is 7. The minimum absolute atomic E-state index is 0.0742. The highest BCUT2D eigenvalue weighted by Gasteiger charge is 2.27. The molecule has 9 nitrogen and oxygen atoms in total. The Morgan fingerprint density at radius 3 is 2.03 bits per heavy atom. The fourth-order valence-electron chi connectivity index (χ4n) is 3.47. The Kier molecular flexibility index (Phi) is 8.43. The van der Waals surface area contributed by atoms with Crippen LogP contribution in [0.2, 0.25) is 0 Å². The number of nitrogens with one attached hydrogen (secondary N) is 1. The molecular formula is C25H28N2O7S. The Bertz CT molecular complexity index is 1250. The van der Waals surface area contributed by atoms with Gasteiger partial charge >= 0.3 is 0 Å². The van der Waals surface area contributed by atoms with Crippen molar-refractivity contribution < 1.29 is 32.2 Å². The highest BCUT2D eigenvalue weighted by molar-refractivity contribution is 7.92. The van der Waals surface area contributed by atoms with Crippen molar-refractivity contribution >= 4 is 21.6 Å². The second-order valence-electron chi connectivity index (χ2n) is 7.29. The minimum atomic E-state index is -4.01. The SMILES string of the molecule is COc1ccc(N(CC(=O)NCc2ccc(OC)c(OC)c2OC)S(=O)(=O)c2ccccc2)cc1. The zero-order valence-corrected chi connectivity index (χ0v) is 20.8. The number of hydrogen-bond donors (Lipinski definition) is 1. The van der Waals surface area contributed by atoms with Crippen LogP contribution in [0.4, 0.5) is 5.69 Å². The summed E-state index contributed by atoms with van der Waals surface area (Å²) in [5.74, 6) is 1.36. The molecule has 0 heterocycles. The van der Waals surface area contributed by atoms with Gasteiger partial charge in [0, 0.05) is 12.1 Å². The van der Waals surface area contributed by atoms with Gasteiger partial charge in [0.05, 0.1) is 39.0 Å². The molecule has 3 aromatic carbocycles. The van der Waals surface area contributed by atoms with Crippen LogP contribution in [0.15, 0.2) is 71.6 Å². The molecule has 0 atom stereocenters.